The smallest absolute Gasteiger partial charge is 0.0511 e. The Morgan fingerprint density at radius 3 is 2.40 bits per heavy atom. The molecule has 0 amide bonds. The summed E-state index contributed by atoms with van der Waals surface area (Å²) >= 11 is 3.48. The lowest BCUT2D eigenvalue weighted by atomic mass is 10.0. The minimum atomic E-state index is 0.334. The molecule has 1 atom stereocenters. The van der Waals surface area contributed by atoms with Crippen LogP contribution in [0, 0.1) is 0 Å². The van der Waals surface area contributed by atoms with E-state index in [0.29, 0.717) is 6.04 Å². The summed E-state index contributed by atoms with van der Waals surface area (Å²) in [5, 5.41) is 3.62. The molecule has 2 rings (SSSR count). The lowest BCUT2D eigenvalue weighted by Gasteiger charge is -2.20. The first-order valence-corrected chi connectivity index (χ1v) is 7.69. The summed E-state index contributed by atoms with van der Waals surface area (Å²) in [5.41, 5.74) is 3.68. The molecule has 0 aliphatic carbocycles. The van der Waals surface area contributed by atoms with Crippen LogP contribution >= 0.6 is 15.9 Å². The average molecular weight is 333 g/mol. The molecule has 3 heteroatoms. The van der Waals surface area contributed by atoms with Crippen LogP contribution in [-0.2, 0) is 0 Å². The van der Waals surface area contributed by atoms with Crippen molar-refractivity contribution in [3.8, 4) is 0 Å². The Morgan fingerprint density at radius 2 is 1.80 bits per heavy atom. The second-order valence-electron chi connectivity index (χ2n) is 5.10. The fourth-order valence-corrected chi connectivity index (χ4v) is 2.46. The summed E-state index contributed by atoms with van der Waals surface area (Å²) in [6, 6.07) is 17.4. The van der Waals surface area contributed by atoms with E-state index in [2.05, 4.69) is 95.7 Å². The number of rotatable bonds is 5. The van der Waals surface area contributed by atoms with Crippen LogP contribution in [0.4, 0.5) is 11.4 Å². The second-order valence-corrected chi connectivity index (χ2v) is 6.02. The Kier molecular flexibility index (Phi) is 5.07. The zero-order valence-corrected chi connectivity index (χ0v) is 13.8. The van der Waals surface area contributed by atoms with Gasteiger partial charge in [0.15, 0.2) is 0 Å². The van der Waals surface area contributed by atoms with E-state index in [1.165, 1.54) is 11.3 Å². The monoisotopic (exact) mass is 332 g/mol. The zero-order valence-electron chi connectivity index (χ0n) is 12.2. The van der Waals surface area contributed by atoms with Crippen molar-refractivity contribution in [3.63, 3.8) is 0 Å². The highest BCUT2D eigenvalue weighted by Gasteiger charge is 2.09. The van der Waals surface area contributed by atoms with Gasteiger partial charge in [-0.2, -0.15) is 0 Å². The Bertz CT molecular complexity index is 549. The molecule has 2 nitrogen and oxygen atoms in total. The molecule has 0 spiro atoms. The van der Waals surface area contributed by atoms with E-state index < -0.39 is 0 Å². The lowest BCUT2D eigenvalue weighted by Crippen LogP contribution is -2.11. The van der Waals surface area contributed by atoms with E-state index >= 15 is 0 Å². The molecule has 20 heavy (non-hydrogen) atoms. The molecule has 0 aliphatic rings. The Labute approximate surface area is 129 Å². The lowest BCUT2D eigenvalue weighted by molar-refractivity contribution is 0.749. The molecule has 0 fully saturated rings. The minimum absolute atomic E-state index is 0.334. The van der Waals surface area contributed by atoms with Gasteiger partial charge in [-0.1, -0.05) is 41.1 Å². The summed E-state index contributed by atoms with van der Waals surface area (Å²) in [6.07, 6.45) is 1.05. The van der Waals surface area contributed by atoms with Crippen LogP contribution < -0.4 is 10.2 Å². The number of hydrogen-bond donors (Lipinski definition) is 1. The fourth-order valence-electron chi connectivity index (χ4n) is 2.19. The molecular formula is C17H21BrN2. The van der Waals surface area contributed by atoms with E-state index in [9.17, 15) is 0 Å². The largest absolute Gasteiger partial charge is 0.378 e. The van der Waals surface area contributed by atoms with E-state index in [0.717, 1.165) is 16.6 Å². The molecule has 2 aromatic rings. The normalized spacial score (nSPS) is 12.0. The summed E-state index contributed by atoms with van der Waals surface area (Å²) in [4.78, 5) is 2.12. The molecule has 2 aromatic carbocycles. The molecule has 0 aromatic heterocycles. The van der Waals surface area contributed by atoms with E-state index in [1.807, 2.05) is 0 Å². The Morgan fingerprint density at radius 1 is 1.10 bits per heavy atom. The van der Waals surface area contributed by atoms with Gasteiger partial charge < -0.3 is 10.2 Å². The van der Waals surface area contributed by atoms with Gasteiger partial charge in [0.25, 0.3) is 0 Å². The maximum Gasteiger partial charge on any atom is 0.0511 e. The second kappa shape index (κ2) is 6.80. The van der Waals surface area contributed by atoms with Gasteiger partial charge in [-0.15, -0.1) is 0 Å². The van der Waals surface area contributed by atoms with Crippen LogP contribution in [0.15, 0.2) is 53.0 Å². The molecule has 0 heterocycles. The van der Waals surface area contributed by atoms with Gasteiger partial charge in [-0.25, -0.2) is 0 Å². The van der Waals surface area contributed by atoms with Gasteiger partial charge in [0, 0.05) is 29.9 Å². The van der Waals surface area contributed by atoms with Crippen molar-refractivity contribution in [2.24, 2.45) is 0 Å². The average Bonchev–Trinajstić information content (AvgIpc) is 2.46. The molecule has 0 bridgehead atoms. The zero-order chi connectivity index (χ0) is 14.5. The van der Waals surface area contributed by atoms with Gasteiger partial charge >= 0.3 is 0 Å². The van der Waals surface area contributed by atoms with E-state index in [4.69, 9.17) is 0 Å². The third-order valence-corrected chi connectivity index (χ3v) is 3.91. The highest BCUT2D eigenvalue weighted by atomic mass is 79.9. The van der Waals surface area contributed by atoms with Gasteiger partial charge in [0.05, 0.1) is 6.04 Å². The molecule has 1 unspecified atom stereocenters. The van der Waals surface area contributed by atoms with Crippen LogP contribution in [0.2, 0.25) is 0 Å². The van der Waals surface area contributed by atoms with E-state index in [-0.39, 0.29) is 0 Å². The number of hydrogen-bond acceptors (Lipinski definition) is 2. The summed E-state index contributed by atoms with van der Waals surface area (Å²) in [7, 11) is 4.12. The van der Waals surface area contributed by atoms with Crippen LogP contribution in [0.3, 0.4) is 0 Å². The van der Waals surface area contributed by atoms with Crippen molar-refractivity contribution in [3.05, 3.63) is 58.6 Å². The first-order chi connectivity index (χ1) is 9.60. The van der Waals surface area contributed by atoms with Gasteiger partial charge in [-0.3, -0.25) is 0 Å². The highest BCUT2D eigenvalue weighted by molar-refractivity contribution is 9.10. The first kappa shape index (κ1) is 14.9. The summed E-state index contributed by atoms with van der Waals surface area (Å²) < 4.78 is 1.12. The Hall–Kier alpha value is -1.48. The van der Waals surface area contributed by atoms with Crippen molar-refractivity contribution in [1.82, 2.24) is 0 Å². The van der Waals surface area contributed by atoms with Crippen LogP contribution in [0.5, 0.6) is 0 Å². The van der Waals surface area contributed by atoms with Crippen LogP contribution in [0.25, 0.3) is 0 Å². The van der Waals surface area contributed by atoms with Crippen molar-refractivity contribution < 1.29 is 0 Å². The fraction of sp³-hybridized carbons (Fsp3) is 0.294. The quantitative estimate of drug-likeness (QED) is 0.821. The molecule has 0 radical (unpaired) electrons. The maximum absolute atomic E-state index is 3.62. The topological polar surface area (TPSA) is 15.3 Å². The van der Waals surface area contributed by atoms with Crippen LogP contribution in [-0.4, -0.2) is 14.1 Å². The SMILES string of the molecule is CCC(Nc1cccc(N(C)C)c1)c1ccc(Br)cc1. The van der Waals surface area contributed by atoms with Gasteiger partial charge in [0.1, 0.15) is 0 Å². The van der Waals surface area contributed by atoms with Crippen molar-refractivity contribution in [2.45, 2.75) is 19.4 Å². The van der Waals surface area contributed by atoms with Gasteiger partial charge in [0.2, 0.25) is 0 Å². The van der Waals surface area contributed by atoms with Crippen molar-refractivity contribution >= 4 is 27.3 Å². The van der Waals surface area contributed by atoms with Crippen LogP contribution in [0.1, 0.15) is 24.9 Å². The van der Waals surface area contributed by atoms with Crippen molar-refractivity contribution in [1.29, 1.82) is 0 Å². The highest BCUT2D eigenvalue weighted by Crippen LogP contribution is 2.26. The molecule has 0 saturated heterocycles. The Balaban J connectivity index is 2.17. The number of halogens is 1. The number of anilines is 2. The molecule has 106 valence electrons. The molecule has 1 N–H and O–H groups in total. The predicted octanol–water partition coefficient (Wildman–Crippen LogP) is 5.08. The number of benzene rings is 2. The molecule has 0 aliphatic heterocycles. The summed E-state index contributed by atoms with van der Waals surface area (Å²) in [5.74, 6) is 0. The third-order valence-electron chi connectivity index (χ3n) is 3.38. The third kappa shape index (κ3) is 3.76. The van der Waals surface area contributed by atoms with Crippen molar-refractivity contribution in [2.75, 3.05) is 24.3 Å². The number of nitrogens with zero attached hydrogens (tertiary/aromatic N) is 1. The molecule has 0 saturated carbocycles. The predicted molar refractivity (Wildman–Crippen MR) is 91.6 cm³/mol. The molecular weight excluding hydrogens is 312 g/mol. The summed E-state index contributed by atoms with van der Waals surface area (Å²) in [6.45, 7) is 2.20. The standard InChI is InChI=1S/C17H21BrN2/c1-4-17(13-8-10-14(18)11-9-13)19-15-6-5-7-16(12-15)20(2)3/h5-12,17,19H,4H2,1-3H3. The first-order valence-electron chi connectivity index (χ1n) is 6.89. The minimum Gasteiger partial charge on any atom is -0.378 e. The maximum atomic E-state index is 3.62. The number of nitrogens with one attached hydrogen (secondary N) is 1. The van der Waals surface area contributed by atoms with Gasteiger partial charge in [-0.05, 0) is 42.3 Å². The van der Waals surface area contributed by atoms with E-state index in [1.54, 1.807) is 0 Å².